The molecule has 0 saturated heterocycles. The molecule has 0 spiro atoms. The molecule has 0 aliphatic heterocycles. The zero-order valence-electron chi connectivity index (χ0n) is 15.2. The van der Waals surface area contributed by atoms with Crippen LogP contribution in [-0.4, -0.2) is 38.1 Å². The summed E-state index contributed by atoms with van der Waals surface area (Å²) in [6.45, 7) is 10.5. The predicted octanol–water partition coefficient (Wildman–Crippen LogP) is 3.22. The van der Waals surface area contributed by atoms with Gasteiger partial charge in [-0.25, -0.2) is 0 Å². The Bertz CT molecular complexity index is 246. The first-order valence-electron chi connectivity index (χ1n) is 9.41. The van der Waals surface area contributed by atoms with Gasteiger partial charge in [0, 0.05) is 19.0 Å². The number of amides is 1. The average molecular weight is 314 g/mol. The van der Waals surface area contributed by atoms with Gasteiger partial charge < -0.3 is 16.0 Å². The zero-order chi connectivity index (χ0) is 16.5. The molecule has 0 aliphatic rings. The molecule has 1 unspecified atom stereocenters. The molecule has 0 aromatic carbocycles. The van der Waals surface area contributed by atoms with Gasteiger partial charge in [0.05, 0.1) is 0 Å². The highest BCUT2D eigenvalue weighted by molar-refractivity contribution is 5.75. The first kappa shape index (κ1) is 21.4. The van der Waals surface area contributed by atoms with Crippen molar-refractivity contribution in [3.63, 3.8) is 0 Å². The van der Waals surface area contributed by atoms with Crippen LogP contribution < -0.4 is 16.0 Å². The van der Waals surface area contributed by atoms with Crippen molar-refractivity contribution >= 4 is 5.91 Å². The maximum atomic E-state index is 11.6. The summed E-state index contributed by atoms with van der Waals surface area (Å²) in [5.41, 5.74) is 0. The third-order valence-electron chi connectivity index (χ3n) is 4.04. The monoisotopic (exact) mass is 313 g/mol. The molecule has 1 amide bonds. The van der Waals surface area contributed by atoms with Gasteiger partial charge in [-0.3, -0.25) is 4.79 Å². The minimum absolute atomic E-state index is 0.217. The van der Waals surface area contributed by atoms with E-state index in [0.29, 0.717) is 12.5 Å². The van der Waals surface area contributed by atoms with Gasteiger partial charge in [-0.05, 0) is 52.2 Å². The van der Waals surface area contributed by atoms with E-state index in [1.807, 2.05) is 0 Å². The highest BCUT2D eigenvalue weighted by Gasteiger charge is 2.00. The number of nitrogens with one attached hydrogen (secondary N) is 3. The number of hydrogen-bond acceptors (Lipinski definition) is 3. The summed E-state index contributed by atoms with van der Waals surface area (Å²) in [7, 11) is 0. The smallest absolute Gasteiger partial charge is 0.219 e. The van der Waals surface area contributed by atoms with Crippen molar-refractivity contribution in [2.45, 2.75) is 84.6 Å². The largest absolute Gasteiger partial charge is 0.356 e. The van der Waals surface area contributed by atoms with Gasteiger partial charge in [0.15, 0.2) is 0 Å². The number of carbonyl (C=O) groups excluding carboxylic acids is 1. The lowest BCUT2D eigenvalue weighted by Gasteiger charge is -2.10. The van der Waals surface area contributed by atoms with Crippen LogP contribution in [0.5, 0.6) is 0 Å². The molecular formula is C18H39N3O. The van der Waals surface area contributed by atoms with Gasteiger partial charge in [-0.15, -0.1) is 0 Å². The van der Waals surface area contributed by atoms with Crippen molar-refractivity contribution in [1.82, 2.24) is 16.0 Å². The van der Waals surface area contributed by atoms with E-state index in [1.54, 1.807) is 0 Å². The molecule has 1 atom stereocenters. The quantitative estimate of drug-likeness (QED) is 0.384. The van der Waals surface area contributed by atoms with Gasteiger partial charge >= 0.3 is 0 Å². The van der Waals surface area contributed by atoms with Crippen LogP contribution >= 0.6 is 0 Å². The molecule has 0 aromatic rings. The van der Waals surface area contributed by atoms with E-state index in [1.165, 1.54) is 38.5 Å². The molecule has 4 heteroatoms. The summed E-state index contributed by atoms with van der Waals surface area (Å²) in [5.74, 6) is 0.217. The highest BCUT2D eigenvalue weighted by atomic mass is 16.1. The van der Waals surface area contributed by atoms with E-state index in [4.69, 9.17) is 0 Å². The van der Waals surface area contributed by atoms with Crippen molar-refractivity contribution in [3.05, 3.63) is 0 Å². The Kier molecular flexibility index (Phi) is 16.3. The average Bonchev–Trinajstić information content (AvgIpc) is 2.52. The normalized spacial score (nSPS) is 12.3. The zero-order valence-corrected chi connectivity index (χ0v) is 15.2. The van der Waals surface area contributed by atoms with Gasteiger partial charge in [0.25, 0.3) is 0 Å². The van der Waals surface area contributed by atoms with Gasteiger partial charge in [0.2, 0.25) is 5.91 Å². The molecule has 4 nitrogen and oxygen atoms in total. The Balaban J connectivity index is 3.17. The topological polar surface area (TPSA) is 53.2 Å². The Labute approximate surface area is 138 Å². The van der Waals surface area contributed by atoms with E-state index in [9.17, 15) is 4.79 Å². The van der Waals surface area contributed by atoms with E-state index < -0.39 is 0 Å². The van der Waals surface area contributed by atoms with E-state index in [-0.39, 0.29) is 5.91 Å². The van der Waals surface area contributed by atoms with Gasteiger partial charge in [-0.2, -0.15) is 0 Å². The Hall–Kier alpha value is -0.610. The third-order valence-corrected chi connectivity index (χ3v) is 4.04. The summed E-state index contributed by atoms with van der Waals surface area (Å²) in [6, 6.07) is 0.649. The molecule has 0 aromatic heterocycles. The molecule has 3 N–H and O–H groups in total. The first-order chi connectivity index (χ1) is 10.7. The number of rotatable bonds is 16. The molecule has 0 aliphatic carbocycles. The van der Waals surface area contributed by atoms with E-state index in [0.717, 1.165) is 39.0 Å². The molecule has 0 bridgehead atoms. The summed E-state index contributed by atoms with van der Waals surface area (Å²) in [4.78, 5) is 11.6. The standard InChI is InChI=1S/C18H39N3O/c1-4-17(3)20-15-11-9-7-6-8-10-13-18(22)21-16-12-14-19-5-2/h17,19-20H,4-16H2,1-3H3,(H,21,22). The fraction of sp³-hybridized carbons (Fsp3) is 0.944. The second-order valence-electron chi connectivity index (χ2n) is 6.19. The van der Waals surface area contributed by atoms with Gasteiger partial charge in [-0.1, -0.05) is 39.5 Å². The minimum atomic E-state index is 0.217. The Morgan fingerprint density at radius 3 is 2.23 bits per heavy atom. The van der Waals surface area contributed by atoms with Crippen LogP contribution in [0.3, 0.4) is 0 Å². The fourth-order valence-electron chi connectivity index (χ4n) is 2.32. The second-order valence-corrected chi connectivity index (χ2v) is 6.19. The summed E-state index contributed by atoms with van der Waals surface area (Å²) >= 11 is 0. The van der Waals surface area contributed by atoms with Crippen LogP contribution in [0.15, 0.2) is 0 Å². The first-order valence-corrected chi connectivity index (χ1v) is 9.41. The molecule has 132 valence electrons. The molecule has 22 heavy (non-hydrogen) atoms. The lowest BCUT2D eigenvalue weighted by atomic mass is 10.1. The van der Waals surface area contributed by atoms with Crippen molar-refractivity contribution < 1.29 is 4.79 Å². The SMILES string of the molecule is CCNCCCNC(=O)CCCCCCCCNC(C)CC. The van der Waals surface area contributed by atoms with E-state index in [2.05, 4.69) is 36.7 Å². The Morgan fingerprint density at radius 1 is 0.864 bits per heavy atom. The van der Waals surface area contributed by atoms with Crippen LogP contribution in [0.2, 0.25) is 0 Å². The van der Waals surface area contributed by atoms with Crippen LogP contribution in [0, 0.1) is 0 Å². The molecule has 0 radical (unpaired) electrons. The maximum Gasteiger partial charge on any atom is 0.219 e. The maximum absolute atomic E-state index is 11.6. The molecule has 0 fully saturated rings. The van der Waals surface area contributed by atoms with Gasteiger partial charge in [0.1, 0.15) is 0 Å². The molecule has 0 rings (SSSR count). The second kappa shape index (κ2) is 16.8. The predicted molar refractivity (Wildman–Crippen MR) is 96.2 cm³/mol. The van der Waals surface area contributed by atoms with Crippen molar-refractivity contribution in [3.8, 4) is 0 Å². The summed E-state index contributed by atoms with van der Waals surface area (Å²) < 4.78 is 0. The highest BCUT2D eigenvalue weighted by Crippen LogP contribution is 2.07. The molecular weight excluding hydrogens is 274 g/mol. The van der Waals surface area contributed by atoms with Crippen LogP contribution in [0.4, 0.5) is 0 Å². The number of unbranched alkanes of at least 4 members (excludes halogenated alkanes) is 5. The third kappa shape index (κ3) is 15.8. The lowest BCUT2D eigenvalue weighted by molar-refractivity contribution is -0.121. The molecule has 0 saturated carbocycles. The van der Waals surface area contributed by atoms with Crippen molar-refractivity contribution in [2.75, 3.05) is 26.2 Å². The van der Waals surface area contributed by atoms with Crippen molar-refractivity contribution in [1.29, 1.82) is 0 Å². The number of hydrogen-bond donors (Lipinski definition) is 3. The lowest BCUT2D eigenvalue weighted by Crippen LogP contribution is -2.27. The van der Waals surface area contributed by atoms with Crippen LogP contribution in [0.1, 0.15) is 78.6 Å². The van der Waals surface area contributed by atoms with Crippen molar-refractivity contribution in [2.24, 2.45) is 0 Å². The fourth-order valence-corrected chi connectivity index (χ4v) is 2.32. The Morgan fingerprint density at radius 2 is 1.55 bits per heavy atom. The van der Waals surface area contributed by atoms with Crippen LogP contribution in [-0.2, 0) is 4.79 Å². The van der Waals surface area contributed by atoms with Crippen LogP contribution in [0.25, 0.3) is 0 Å². The summed E-state index contributed by atoms with van der Waals surface area (Å²) in [5, 5.41) is 9.77. The minimum Gasteiger partial charge on any atom is -0.356 e. The molecule has 0 heterocycles. The number of carbonyl (C=O) groups is 1. The van der Waals surface area contributed by atoms with E-state index >= 15 is 0 Å². The summed E-state index contributed by atoms with van der Waals surface area (Å²) in [6.07, 6.45) is 10.3.